The van der Waals surface area contributed by atoms with Crippen molar-refractivity contribution in [1.82, 2.24) is 9.97 Å². The Labute approximate surface area is 422 Å². The summed E-state index contributed by atoms with van der Waals surface area (Å²) >= 11 is 10.4. The molecule has 0 radical (unpaired) electrons. The summed E-state index contributed by atoms with van der Waals surface area (Å²) in [5.74, 6) is -0.0584. The second-order valence-electron chi connectivity index (χ2n) is 14.4. The zero-order valence-electron chi connectivity index (χ0n) is 36.9. The Balaban J connectivity index is 0.000000206. The Hall–Kier alpha value is -4.75. The predicted octanol–water partition coefficient (Wildman–Crippen LogP) is 12.4. The number of pyridine rings is 2. The normalized spacial score (nSPS) is 12.0. The van der Waals surface area contributed by atoms with E-state index in [1.54, 1.807) is 42.7 Å². The molecule has 0 amide bonds. The molecule has 1 aliphatic rings. The number of unbranched alkanes of at least 4 members (excludes halogenated alkanes) is 1. The number of ketones is 1. The van der Waals surface area contributed by atoms with E-state index in [0.29, 0.717) is 17.0 Å². The number of rotatable bonds is 8. The first-order valence-electron chi connectivity index (χ1n) is 21.2. The molecule has 1 N–H and O–H groups in total. The molecule has 1 atom stereocenters. The summed E-state index contributed by atoms with van der Waals surface area (Å²) < 4.78 is 7.89. The summed E-state index contributed by atoms with van der Waals surface area (Å²) in [4.78, 5) is 20.4. The van der Waals surface area contributed by atoms with E-state index in [9.17, 15) is 9.90 Å². The molecule has 0 bridgehead atoms. The number of aromatic nitrogens is 2. The first kappa shape index (κ1) is 52.9. The summed E-state index contributed by atoms with van der Waals surface area (Å²) in [7, 11) is 0. The maximum absolute atomic E-state index is 12.1. The molecule has 5 nitrogen and oxygen atoms in total. The largest absolute Gasteiger partial charge is 1.00 e. The third-order valence-corrected chi connectivity index (χ3v) is 11.5. The number of carbonyl (C=O) groups is 1. The van der Waals surface area contributed by atoms with Crippen LogP contribution in [0.5, 0.6) is 0 Å². The van der Waals surface area contributed by atoms with E-state index in [1.165, 1.54) is 30.4 Å². The van der Waals surface area contributed by atoms with Crippen molar-refractivity contribution in [2.24, 2.45) is 0 Å². The minimum atomic E-state index is -1.38. The molecule has 326 valence electrons. The smallest absolute Gasteiger partial charge is 0.381 e. The van der Waals surface area contributed by atoms with Crippen molar-refractivity contribution < 1.29 is 33.5 Å². The summed E-state index contributed by atoms with van der Waals surface area (Å²) in [6.07, 6.45) is 8.16. The van der Waals surface area contributed by atoms with E-state index < -0.39 is 5.60 Å². The fraction of sp³-hybridized carbons (Fsp3) is 0.143. The van der Waals surface area contributed by atoms with Gasteiger partial charge in [0.05, 0.1) is 5.69 Å². The zero-order chi connectivity index (χ0) is 45.4. The number of benzene rings is 6. The standard InChI is InChI=1S/C24H18BrNO.C12H8BrNO.C12H9Br.C4H8O.C4H9.Li/c25-20-12-8-11-19(17-20)24(27,23-15-6-7-16-26-23)22-14-5-4-13-21(22)18-9-2-1-3-10-18;13-10-5-3-4-9(8-10)12(15)11-6-1-2-7-14-11;13-12-9-5-4-8-11(12)10-6-2-1-3-7-10;1-2-4-5-3-1;1-3-4-2;/h1-17,27H;1-8H;1-9H;1-4H2;1,3-4H2,2H3;/q;;;;-1;+1. The summed E-state index contributed by atoms with van der Waals surface area (Å²) in [6, 6.07) is 62.6. The second-order valence-corrected chi connectivity index (χ2v) is 17.1. The predicted molar refractivity (Wildman–Crippen MR) is 274 cm³/mol. The average molecular weight is 1050 g/mol. The minimum Gasteiger partial charge on any atom is -0.381 e. The van der Waals surface area contributed by atoms with E-state index >= 15 is 0 Å². The average Bonchev–Trinajstić information content (AvgIpc) is 3.96. The van der Waals surface area contributed by atoms with Crippen LogP contribution >= 0.6 is 47.8 Å². The maximum atomic E-state index is 12.1. The molecule has 2 aromatic heterocycles. The molecule has 9 heteroatoms. The van der Waals surface area contributed by atoms with Crippen LogP contribution in [0.15, 0.2) is 220 Å². The number of nitrogens with zero attached hydrogens (tertiary/aromatic N) is 2. The molecule has 1 unspecified atom stereocenters. The van der Waals surface area contributed by atoms with Crippen LogP contribution in [0.2, 0.25) is 0 Å². The second kappa shape index (κ2) is 29.0. The fourth-order valence-corrected chi connectivity index (χ4v) is 7.81. The van der Waals surface area contributed by atoms with Crippen LogP contribution in [0.25, 0.3) is 22.3 Å². The van der Waals surface area contributed by atoms with Gasteiger partial charge in [0.15, 0.2) is 5.60 Å². The number of halogens is 3. The Morgan fingerprint density at radius 3 is 1.66 bits per heavy atom. The van der Waals surface area contributed by atoms with Gasteiger partial charge in [0.2, 0.25) is 5.78 Å². The Bertz CT molecular complexity index is 2570. The number of ether oxygens (including phenoxy) is 1. The summed E-state index contributed by atoms with van der Waals surface area (Å²) in [5.41, 5.74) is 6.40. The third-order valence-electron chi connectivity index (χ3n) is 9.80. The summed E-state index contributed by atoms with van der Waals surface area (Å²) in [6.45, 7) is 7.72. The molecule has 3 heterocycles. The Morgan fingerprint density at radius 1 is 0.615 bits per heavy atom. The van der Waals surface area contributed by atoms with Gasteiger partial charge >= 0.3 is 18.9 Å². The molecule has 6 aromatic carbocycles. The van der Waals surface area contributed by atoms with E-state index in [-0.39, 0.29) is 24.6 Å². The van der Waals surface area contributed by atoms with E-state index in [1.807, 2.05) is 115 Å². The van der Waals surface area contributed by atoms with Crippen LogP contribution in [0.1, 0.15) is 65.5 Å². The van der Waals surface area contributed by atoms with Gasteiger partial charge in [0.25, 0.3) is 0 Å². The van der Waals surface area contributed by atoms with Crippen molar-refractivity contribution in [2.45, 2.75) is 38.2 Å². The van der Waals surface area contributed by atoms with Crippen molar-refractivity contribution in [3.05, 3.63) is 255 Å². The molecule has 1 fully saturated rings. The first-order chi connectivity index (χ1) is 31.3. The van der Waals surface area contributed by atoms with Crippen LogP contribution in [0.3, 0.4) is 0 Å². The van der Waals surface area contributed by atoms with Crippen LogP contribution < -0.4 is 18.9 Å². The van der Waals surface area contributed by atoms with Crippen LogP contribution in [-0.2, 0) is 10.3 Å². The molecule has 0 aliphatic carbocycles. The van der Waals surface area contributed by atoms with Crippen LogP contribution in [0, 0.1) is 6.92 Å². The maximum Gasteiger partial charge on any atom is 1.00 e. The van der Waals surface area contributed by atoms with Gasteiger partial charge in [-0.15, -0.1) is 0 Å². The fourth-order valence-electron chi connectivity index (χ4n) is 6.50. The molecule has 8 aromatic rings. The topological polar surface area (TPSA) is 72.3 Å². The minimum absolute atomic E-state index is 0. The van der Waals surface area contributed by atoms with Crippen LogP contribution in [-0.4, -0.2) is 34.1 Å². The Morgan fingerprint density at radius 2 is 1.14 bits per heavy atom. The summed E-state index contributed by atoms with van der Waals surface area (Å²) in [5, 5.41) is 12.1. The number of hydrogen-bond acceptors (Lipinski definition) is 5. The molecule has 9 rings (SSSR count). The molecular weight excluding hydrogens is 995 g/mol. The quantitative estimate of drug-likeness (QED) is 0.0933. The number of carbonyl (C=O) groups excluding carboxylic acids is 1. The van der Waals surface area contributed by atoms with Crippen LogP contribution in [0.4, 0.5) is 0 Å². The van der Waals surface area contributed by atoms with Crippen molar-refractivity contribution >= 4 is 53.6 Å². The van der Waals surface area contributed by atoms with Gasteiger partial charge in [-0.2, -0.15) is 6.42 Å². The molecular formula is C56H52Br3LiN2O3. The zero-order valence-corrected chi connectivity index (χ0v) is 41.6. The Kier molecular flexibility index (Phi) is 23.6. The third kappa shape index (κ3) is 16.3. The van der Waals surface area contributed by atoms with Gasteiger partial charge in [-0.05, 0) is 95.3 Å². The number of aliphatic hydroxyl groups is 1. The van der Waals surface area contributed by atoms with E-state index in [0.717, 1.165) is 55.3 Å². The van der Waals surface area contributed by atoms with Gasteiger partial charge in [0, 0.05) is 50.2 Å². The van der Waals surface area contributed by atoms with Gasteiger partial charge in [-0.3, -0.25) is 14.8 Å². The van der Waals surface area contributed by atoms with Gasteiger partial charge in [0.1, 0.15) is 5.69 Å². The van der Waals surface area contributed by atoms with Gasteiger partial charge in [-0.1, -0.05) is 201 Å². The van der Waals surface area contributed by atoms with Gasteiger partial charge in [-0.25, -0.2) is 0 Å². The first-order valence-corrected chi connectivity index (χ1v) is 23.6. The molecule has 1 saturated heterocycles. The van der Waals surface area contributed by atoms with Crippen molar-refractivity contribution in [2.75, 3.05) is 13.2 Å². The SMILES string of the molecule is Brc1ccccc1-c1ccccc1.C1CCOC1.O=C(c1cccc(Br)c1)c1ccccn1.OC(c1cccc(Br)c1)(c1ccccn1)c1ccccc1-c1ccccc1.[CH2-]CCC.[Li+]. The van der Waals surface area contributed by atoms with E-state index in [2.05, 4.69) is 120 Å². The molecule has 0 spiro atoms. The van der Waals surface area contributed by atoms with Crippen molar-refractivity contribution in [1.29, 1.82) is 0 Å². The van der Waals surface area contributed by atoms with Crippen molar-refractivity contribution in [3.63, 3.8) is 0 Å². The molecule has 0 saturated carbocycles. The monoisotopic (exact) mass is 1040 g/mol. The van der Waals surface area contributed by atoms with E-state index in [4.69, 9.17) is 4.74 Å². The molecule has 1 aliphatic heterocycles. The van der Waals surface area contributed by atoms with Crippen molar-refractivity contribution in [3.8, 4) is 22.3 Å². The van der Waals surface area contributed by atoms with Gasteiger partial charge < -0.3 is 16.8 Å². The molecule has 65 heavy (non-hydrogen) atoms. The number of hydrogen-bond donors (Lipinski definition) is 1.